The van der Waals surface area contributed by atoms with Gasteiger partial charge >= 0.3 is 0 Å². The summed E-state index contributed by atoms with van der Waals surface area (Å²) in [5.41, 5.74) is 3.46. The van der Waals surface area contributed by atoms with Crippen LogP contribution >= 0.6 is 0 Å². The van der Waals surface area contributed by atoms with E-state index in [-0.39, 0.29) is 5.92 Å². The van der Waals surface area contributed by atoms with E-state index in [1.54, 1.807) is 0 Å². The zero-order chi connectivity index (χ0) is 15.5. The number of benzene rings is 1. The predicted molar refractivity (Wildman–Crippen MR) is 85.8 cm³/mol. The lowest BCUT2D eigenvalue weighted by molar-refractivity contribution is 0.341. The lowest BCUT2D eigenvalue weighted by Crippen LogP contribution is -2.00. The molecule has 0 fully saturated rings. The molecule has 0 N–H and O–H groups in total. The summed E-state index contributed by atoms with van der Waals surface area (Å²) in [6.07, 6.45) is 1.94. The third-order valence-corrected chi connectivity index (χ3v) is 3.61. The van der Waals surface area contributed by atoms with E-state index in [2.05, 4.69) is 6.07 Å². The summed E-state index contributed by atoms with van der Waals surface area (Å²) in [4.78, 5) is 4.73. The van der Waals surface area contributed by atoms with Gasteiger partial charge in [-0.15, -0.1) is 0 Å². The van der Waals surface area contributed by atoms with Crippen molar-refractivity contribution in [2.24, 2.45) is 0 Å². The molecule has 22 heavy (non-hydrogen) atoms. The minimum Gasteiger partial charge on any atom is -0.493 e. The molecule has 2 aromatic heterocycles. The number of hydrogen-bond donors (Lipinski definition) is 0. The Kier molecular flexibility index (Phi) is 3.80. The van der Waals surface area contributed by atoms with E-state index in [4.69, 9.17) is 9.72 Å². The summed E-state index contributed by atoms with van der Waals surface area (Å²) in [7, 11) is 0. The van der Waals surface area contributed by atoms with Crippen LogP contribution in [0.1, 0.15) is 25.5 Å². The number of rotatable bonds is 4. The van der Waals surface area contributed by atoms with Crippen LogP contribution in [0.25, 0.3) is 16.9 Å². The first-order valence-corrected chi connectivity index (χ1v) is 7.35. The highest BCUT2D eigenvalue weighted by Crippen LogP contribution is 2.35. The molecule has 3 aromatic rings. The normalized spacial score (nSPS) is 12.0. The van der Waals surface area contributed by atoms with Crippen molar-refractivity contribution < 1.29 is 4.74 Å². The number of fused-ring (bicyclic) bond motifs is 1. The van der Waals surface area contributed by atoms with Gasteiger partial charge in [0.05, 0.1) is 30.0 Å². The van der Waals surface area contributed by atoms with Gasteiger partial charge in [0, 0.05) is 11.8 Å². The van der Waals surface area contributed by atoms with Gasteiger partial charge in [0.15, 0.2) is 0 Å². The first-order chi connectivity index (χ1) is 10.8. The van der Waals surface area contributed by atoms with E-state index in [1.807, 2.05) is 66.9 Å². The van der Waals surface area contributed by atoms with Gasteiger partial charge < -0.3 is 9.14 Å². The van der Waals surface area contributed by atoms with Gasteiger partial charge in [0.1, 0.15) is 11.4 Å². The maximum absolute atomic E-state index is 9.39. The number of nitriles is 1. The third-order valence-electron chi connectivity index (χ3n) is 3.61. The molecule has 4 nitrogen and oxygen atoms in total. The van der Waals surface area contributed by atoms with E-state index < -0.39 is 0 Å². The van der Waals surface area contributed by atoms with Crippen molar-refractivity contribution in [2.75, 3.05) is 6.61 Å². The molecular weight excluding hydrogens is 274 g/mol. The fourth-order valence-corrected chi connectivity index (χ4v) is 2.63. The minimum atomic E-state index is -0.262. The fourth-order valence-electron chi connectivity index (χ4n) is 2.63. The van der Waals surface area contributed by atoms with Gasteiger partial charge in [0.25, 0.3) is 0 Å². The highest BCUT2D eigenvalue weighted by atomic mass is 16.5. The van der Waals surface area contributed by atoms with Crippen molar-refractivity contribution in [3.8, 4) is 23.1 Å². The summed E-state index contributed by atoms with van der Waals surface area (Å²) >= 11 is 0. The zero-order valence-corrected chi connectivity index (χ0v) is 12.7. The first-order valence-electron chi connectivity index (χ1n) is 7.35. The van der Waals surface area contributed by atoms with Crippen LogP contribution in [0.4, 0.5) is 0 Å². The molecule has 0 saturated carbocycles. The minimum absolute atomic E-state index is 0.262. The molecule has 0 bridgehead atoms. The molecule has 110 valence electrons. The van der Waals surface area contributed by atoms with Crippen LogP contribution in [0, 0.1) is 11.3 Å². The Morgan fingerprint density at radius 1 is 1.23 bits per heavy atom. The number of ether oxygens (including phenoxy) is 1. The molecule has 3 rings (SSSR count). The molecule has 0 radical (unpaired) electrons. The van der Waals surface area contributed by atoms with Crippen LogP contribution in [-0.2, 0) is 0 Å². The van der Waals surface area contributed by atoms with E-state index in [0.717, 1.165) is 28.3 Å². The quantitative estimate of drug-likeness (QED) is 0.729. The number of pyridine rings is 1. The van der Waals surface area contributed by atoms with Crippen LogP contribution in [0.15, 0.2) is 48.7 Å². The zero-order valence-electron chi connectivity index (χ0n) is 12.7. The van der Waals surface area contributed by atoms with E-state index >= 15 is 0 Å². The number of aromatic nitrogens is 2. The average molecular weight is 291 g/mol. The molecule has 1 aromatic carbocycles. The average Bonchev–Trinajstić information content (AvgIpc) is 2.94. The molecule has 0 aliphatic heterocycles. The fraction of sp³-hybridized carbons (Fsp3) is 0.222. The van der Waals surface area contributed by atoms with Crippen molar-refractivity contribution in [3.63, 3.8) is 0 Å². The third kappa shape index (κ3) is 2.31. The van der Waals surface area contributed by atoms with Gasteiger partial charge in [-0.25, -0.2) is 4.98 Å². The molecular formula is C18H17N3O. The Hall–Kier alpha value is -2.80. The Labute approximate surface area is 129 Å². The first kappa shape index (κ1) is 14.2. The lowest BCUT2D eigenvalue weighted by atomic mass is 10.0. The molecule has 0 aliphatic carbocycles. The van der Waals surface area contributed by atoms with Crippen LogP contribution in [0.5, 0.6) is 5.75 Å². The molecule has 0 amide bonds. The molecule has 1 atom stereocenters. The summed E-state index contributed by atoms with van der Waals surface area (Å²) < 4.78 is 7.70. The highest BCUT2D eigenvalue weighted by molar-refractivity contribution is 5.73. The lowest BCUT2D eigenvalue weighted by Gasteiger charge is -2.11. The van der Waals surface area contributed by atoms with Crippen molar-refractivity contribution in [1.82, 2.24) is 9.38 Å². The second-order valence-corrected chi connectivity index (χ2v) is 5.05. The monoisotopic (exact) mass is 291 g/mol. The number of nitrogens with zero attached hydrogens (tertiary/aromatic N) is 3. The second-order valence-electron chi connectivity index (χ2n) is 5.05. The molecule has 1 unspecified atom stereocenters. The van der Waals surface area contributed by atoms with Gasteiger partial charge in [-0.3, -0.25) is 0 Å². The summed E-state index contributed by atoms with van der Waals surface area (Å²) in [6.45, 7) is 4.44. The SMILES string of the molecule is CCOc1ccccc1-c1nc2ccccn2c1C(C)C#N. The maximum atomic E-state index is 9.39. The second kappa shape index (κ2) is 5.90. The van der Waals surface area contributed by atoms with Crippen molar-refractivity contribution >= 4 is 5.65 Å². The van der Waals surface area contributed by atoms with Crippen molar-refractivity contribution in [3.05, 3.63) is 54.4 Å². The van der Waals surface area contributed by atoms with Crippen LogP contribution in [-0.4, -0.2) is 16.0 Å². The molecule has 0 spiro atoms. The van der Waals surface area contributed by atoms with Crippen molar-refractivity contribution in [1.29, 1.82) is 5.26 Å². The van der Waals surface area contributed by atoms with Crippen LogP contribution in [0.2, 0.25) is 0 Å². The Balaban J connectivity index is 2.29. The Bertz CT molecular complexity index is 845. The standard InChI is InChI=1S/C18H17N3O/c1-3-22-15-9-5-4-8-14(15)17-18(13(2)12-19)21-11-7-6-10-16(21)20-17/h4-11,13H,3H2,1-2H3. The van der Waals surface area contributed by atoms with E-state index in [1.165, 1.54) is 0 Å². The summed E-state index contributed by atoms with van der Waals surface area (Å²) in [5, 5.41) is 9.39. The predicted octanol–water partition coefficient (Wildman–Crippen LogP) is 4.03. The topological polar surface area (TPSA) is 50.3 Å². The van der Waals surface area contributed by atoms with Crippen LogP contribution < -0.4 is 4.74 Å². The van der Waals surface area contributed by atoms with Crippen molar-refractivity contribution in [2.45, 2.75) is 19.8 Å². The van der Waals surface area contributed by atoms with Gasteiger partial charge in [-0.1, -0.05) is 18.2 Å². The largest absolute Gasteiger partial charge is 0.493 e. The number of hydrogen-bond acceptors (Lipinski definition) is 3. The van der Waals surface area contributed by atoms with Gasteiger partial charge in [-0.05, 0) is 38.1 Å². The highest BCUT2D eigenvalue weighted by Gasteiger charge is 2.21. The van der Waals surface area contributed by atoms with Gasteiger partial charge in [0.2, 0.25) is 0 Å². The summed E-state index contributed by atoms with van der Waals surface area (Å²) in [5.74, 6) is 0.530. The number of para-hydroxylation sites is 1. The molecule has 0 saturated heterocycles. The Morgan fingerprint density at radius 3 is 2.77 bits per heavy atom. The maximum Gasteiger partial charge on any atom is 0.137 e. The van der Waals surface area contributed by atoms with Crippen LogP contribution in [0.3, 0.4) is 0 Å². The van der Waals surface area contributed by atoms with E-state index in [9.17, 15) is 5.26 Å². The Morgan fingerprint density at radius 2 is 2.00 bits per heavy atom. The molecule has 4 heteroatoms. The summed E-state index contributed by atoms with van der Waals surface area (Å²) in [6, 6.07) is 16.0. The van der Waals surface area contributed by atoms with E-state index in [0.29, 0.717) is 6.61 Å². The molecule has 2 heterocycles. The number of imidazole rings is 1. The van der Waals surface area contributed by atoms with Gasteiger partial charge in [-0.2, -0.15) is 5.26 Å². The smallest absolute Gasteiger partial charge is 0.137 e. The molecule has 0 aliphatic rings.